The largest absolute Gasteiger partial charge is 0.488 e. The summed E-state index contributed by atoms with van der Waals surface area (Å²) in [5.41, 5.74) is 7.31. The van der Waals surface area contributed by atoms with Crippen molar-refractivity contribution in [3.8, 4) is 11.6 Å². The molecule has 8 heteroatoms. The van der Waals surface area contributed by atoms with Crippen molar-refractivity contribution in [3.63, 3.8) is 0 Å². The molecule has 0 radical (unpaired) electrons. The van der Waals surface area contributed by atoms with Crippen molar-refractivity contribution in [2.75, 3.05) is 27.4 Å². The number of aliphatic hydroxyl groups is 1. The zero-order valence-corrected chi connectivity index (χ0v) is 20.4. The van der Waals surface area contributed by atoms with Crippen molar-refractivity contribution in [2.45, 2.75) is 65.5 Å². The van der Waals surface area contributed by atoms with Gasteiger partial charge in [0.05, 0.1) is 25.7 Å². The second kappa shape index (κ2) is 14.3. The molecule has 4 atom stereocenters. The summed E-state index contributed by atoms with van der Waals surface area (Å²) in [5.74, 6) is -0.0312. The summed E-state index contributed by atoms with van der Waals surface area (Å²) in [5, 5.41) is 20.0. The molecule has 0 aliphatic carbocycles. The number of nitrogens with zero attached hydrogens (tertiary/aromatic N) is 1. The van der Waals surface area contributed by atoms with Crippen molar-refractivity contribution >= 4 is 5.97 Å². The topological polar surface area (TPSA) is 124 Å². The normalized spacial score (nSPS) is 15.4. The van der Waals surface area contributed by atoms with Gasteiger partial charge in [-0.15, -0.1) is 0 Å². The average Bonchev–Trinajstić information content (AvgIpc) is 2.73. The van der Waals surface area contributed by atoms with Crippen LogP contribution in [0.15, 0.2) is 12.3 Å². The molecule has 1 heterocycles. The zero-order chi connectivity index (χ0) is 24.3. The number of hydrogen-bond donors (Lipinski definition) is 3. The number of ether oxygens (including phenoxy) is 3. The molecule has 0 spiro atoms. The van der Waals surface area contributed by atoms with E-state index in [4.69, 9.17) is 19.9 Å². The molecule has 1 aromatic heterocycles. The van der Waals surface area contributed by atoms with Crippen LogP contribution in [0.25, 0.3) is 0 Å². The van der Waals surface area contributed by atoms with E-state index in [9.17, 15) is 15.0 Å². The molecule has 0 fully saturated rings. The van der Waals surface area contributed by atoms with Gasteiger partial charge in [0, 0.05) is 32.4 Å². The van der Waals surface area contributed by atoms with E-state index in [1.807, 2.05) is 19.9 Å². The number of aliphatic hydroxyl groups excluding tert-OH is 1. The molecule has 4 N–H and O–H groups in total. The lowest BCUT2D eigenvalue weighted by atomic mass is 9.81. The summed E-state index contributed by atoms with van der Waals surface area (Å²) in [4.78, 5) is 15.9. The number of pyridine rings is 1. The first-order valence-corrected chi connectivity index (χ1v) is 11.4. The van der Waals surface area contributed by atoms with Gasteiger partial charge in [-0.25, -0.2) is 4.98 Å². The molecule has 0 saturated carbocycles. The van der Waals surface area contributed by atoms with E-state index in [0.29, 0.717) is 37.2 Å². The Balaban J connectivity index is 2.84. The molecule has 0 saturated heterocycles. The van der Waals surface area contributed by atoms with Crippen LogP contribution in [0, 0.1) is 23.7 Å². The summed E-state index contributed by atoms with van der Waals surface area (Å²) in [6.07, 6.45) is 3.13. The number of carboxylic acid groups (broad SMARTS) is 1. The summed E-state index contributed by atoms with van der Waals surface area (Å²) in [7, 11) is 3.21. The fourth-order valence-corrected chi connectivity index (χ4v) is 3.72. The Morgan fingerprint density at radius 1 is 1.12 bits per heavy atom. The first-order valence-electron chi connectivity index (χ1n) is 11.4. The smallest absolute Gasteiger partial charge is 0.306 e. The Kier molecular flexibility index (Phi) is 12.6. The molecule has 0 bridgehead atoms. The number of carboxylic acids is 1. The third kappa shape index (κ3) is 9.30. The minimum atomic E-state index is -0.894. The highest BCUT2D eigenvalue weighted by atomic mass is 16.5. The van der Waals surface area contributed by atoms with Gasteiger partial charge in [-0.2, -0.15) is 0 Å². The van der Waals surface area contributed by atoms with Crippen LogP contribution in [0.1, 0.15) is 52.5 Å². The molecule has 184 valence electrons. The number of nitrogens with two attached hydrogens (primary N) is 1. The lowest BCUT2D eigenvalue weighted by Gasteiger charge is -2.29. The van der Waals surface area contributed by atoms with Crippen LogP contribution in [0.4, 0.5) is 0 Å². The highest BCUT2D eigenvalue weighted by Crippen LogP contribution is 2.30. The minimum absolute atomic E-state index is 0.0667. The van der Waals surface area contributed by atoms with Crippen LogP contribution in [0.3, 0.4) is 0 Å². The fraction of sp³-hybridized carbons (Fsp3) is 0.750. The Bertz CT molecular complexity index is 682. The van der Waals surface area contributed by atoms with Crippen molar-refractivity contribution in [1.29, 1.82) is 0 Å². The zero-order valence-electron chi connectivity index (χ0n) is 20.4. The lowest BCUT2D eigenvalue weighted by molar-refractivity contribution is -0.144. The molecular weight excluding hydrogens is 412 g/mol. The fourth-order valence-electron chi connectivity index (χ4n) is 3.72. The molecular formula is C24H42N2O6. The van der Waals surface area contributed by atoms with Gasteiger partial charge in [0.25, 0.3) is 5.88 Å². The van der Waals surface area contributed by atoms with Gasteiger partial charge in [0.2, 0.25) is 0 Å². The highest BCUT2D eigenvalue weighted by molar-refractivity contribution is 5.70. The predicted molar refractivity (Wildman–Crippen MR) is 124 cm³/mol. The predicted octanol–water partition coefficient (Wildman–Crippen LogP) is 3.15. The van der Waals surface area contributed by atoms with Crippen LogP contribution in [-0.2, 0) is 16.0 Å². The molecule has 1 rings (SSSR count). The number of aromatic nitrogens is 1. The Morgan fingerprint density at radius 2 is 1.81 bits per heavy atom. The summed E-state index contributed by atoms with van der Waals surface area (Å²) >= 11 is 0. The van der Waals surface area contributed by atoms with Crippen LogP contribution >= 0.6 is 0 Å². The minimum Gasteiger partial charge on any atom is -0.488 e. The Morgan fingerprint density at radius 3 is 2.34 bits per heavy atom. The number of carbonyl (C=O) groups is 1. The third-order valence-corrected chi connectivity index (χ3v) is 5.95. The van der Waals surface area contributed by atoms with Crippen LogP contribution in [-0.4, -0.2) is 60.7 Å². The lowest BCUT2D eigenvalue weighted by Crippen LogP contribution is -2.40. The molecule has 8 nitrogen and oxygen atoms in total. The summed E-state index contributed by atoms with van der Waals surface area (Å²) in [6, 6.07) is 1.44. The molecule has 0 aromatic carbocycles. The summed E-state index contributed by atoms with van der Waals surface area (Å²) in [6.45, 7) is 9.05. The third-order valence-electron chi connectivity index (χ3n) is 5.95. The number of aliphatic carboxylic acids is 1. The van der Waals surface area contributed by atoms with Crippen LogP contribution in [0.5, 0.6) is 11.6 Å². The van der Waals surface area contributed by atoms with Crippen LogP contribution in [0.2, 0.25) is 0 Å². The number of hydrogen-bond acceptors (Lipinski definition) is 7. The van der Waals surface area contributed by atoms with E-state index >= 15 is 0 Å². The monoisotopic (exact) mass is 454 g/mol. The first kappa shape index (κ1) is 28.1. The molecule has 0 amide bonds. The van der Waals surface area contributed by atoms with Gasteiger partial charge in [-0.3, -0.25) is 4.79 Å². The maximum atomic E-state index is 11.5. The quantitative estimate of drug-likeness (QED) is 0.325. The molecule has 0 aliphatic rings. The van der Waals surface area contributed by atoms with E-state index in [1.54, 1.807) is 20.4 Å². The average molecular weight is 455 g/mol. The highest BCUT2D eigenvalue weighted by Gasteiger charge is 2.29. The molecule has 0 unspecified atom stereocenters. The van der Waals surface area contributed by atoms with E-state index in [1.165, 1.54) is 0 Å². The number of rotatable bonds is 16. The number of methoxy groups -OCH3 is 2. The second-order valence-electron chi connectivity index (χ2n) is 9.15. The van der Waals surface area contributed by atoms with Gasteiger partial charge >= 0.3 is 5.97 Å². The van der Waals surface area contributed by atoms with Gasteiger partial charge in [-0.05, 0) is 48.6 Å². The van der Waals surface area contributed by atoms with Crippen molar-refractivity contribution < 1.29 is 29.2 Å². The van der Waals surface area contributed by atoms with Crippen molar-refractivity contribution in [3.05, 3.63) is 17.8 Å². The van der Waals surface area contributed by atoms with Gasteiger partial charge in [0.15, 0.2) is 5.75 Å². The van der Waals surface area contributed by atoms with E-state index in [-0.39, 0.29) is 18.3 Å². The Labute approximate surface area is 192 Å². The van der Waals surface area contributed by atoms with E-state index in [2.05, 4.69) is 18.8 Å². The Hall–Kier alpha value is -1.90. The maximum Gasteiger partial charge on any atom is 0.306 e. The first-order chi connectivity index (χ1) is 15.1. The van der Waals surface area contributed by atoms with E-state index in [0.717, 1.165) is 18.4 Å². The molecule has 32 heavy (non-hydrogen) atoms. The molecule has 1 aromatic rings. The van der Waals surface area contributed by atoms with Gasteiger partial charge in [0.1, 0.15) is 0 Å². The second-order valence-corrected chi connectivity index (χ2v) is 9.15. The standard InChI is InChI=1S/C24H42N2O6/c1-15(2)18(12-20(25)21(27)13-19(16(3)4)24(28)29)10-17-11-22(23(31-6)26-14-17)32-9-7-8-30-5/h11,14-16,18-21,27H,7-10,12-13,25H2,1-6H3,(H,28,29)/t18-,19-,20-,21-/m0/s1. The summed E-state index contributed by atoms with van der Waals surface area (Å²) < 4.78 is 16.2. The van der Waals surface area contributed by atoms with Crippen molar-refractivity contribution in [1.82, 2.24) is 4.98 Å². The van der Waals surface area contributed by atoms with E-state index < -0.39 is 24.0 Å². The van der Waals surface area contributed by atoms with Gasteiger partial charge < -0.3 is 30.2 Å². The van der Waals surface area contributed by atoms with Crippen LogP contribution < -0.4 is 15.2 Å². The van der Waals surface area contributed by atoms with Crippen molar-refractivity contribution in [2.24, 2.45) is 29.4 Å². The SMILES string of the molecule is COCCCOc1cc(C[C@@H](C[C@H](N)[C@@H](O)C[C@H](C(=O)O)C(C)C)C(C)C)cnc1OC. The maximum absolute atomic E-state index is 11.5. The molecule has 0 aliphatic heterocycles. The van der Waals surface area contributed by atoms with Gasteiger partial charge in [-0.1, -0.05) is 27.7 Å².